The van der Waals surface area contributed by atoms with Gasteiger partial charge in [-0.2, -0.15) is 0 Å². The van der Waals surface area contributed by atoms with Gasteiger partial charge in [-0.25, -0.2) is 0 Å². The minimum absolute atomic E-state index is 0.296. The summed E-state index contributed by atoms with van der Waals surface area (Å²) in [5.74, 6) is 0.296. The monoisotopic (exact) mass is 150 g/mol. The molecule has 2 N–H and O–H groups in total. The molecule has 0 aromatic carbocycles. The molecule has 1 unspecified atom stereocenters. The lowest BCUT2D eigenvalue weighted by Gasteiger charge is -2.28. The summed E-state index contributed by atoms with van der Waals surface area (Å²) < 4.78 is 0. The van der Waals surface area contributed by atoms with Crippen LogP contribution in [-0.4, -0.2) is 16.6 Å². The molecule has 1 aliphatic rings. The van der Waals surface area contributed by atoms with E-state index in [0.29, 0.717) is 11.8 Å². The van der Waals surface area contributed by atoms with Crippen molar-refractivity contribution in [3.8, 4) is 5.75 Å². The summed E-state index contributed by atoms with van der Waals surface area (Å²) in [6.45, 7) is 1.05. The fraction of sp³-hybridized carbons (Fsp3) is 0.375. The average Bonchev–Trinajstić information content (AvgIpc) is 1.90. The number of hydrogen-bond donors (Lipinski definition) is 2. The lowest BCUT2D eigenvalue weighted by Crippen LogP contribution is -2.34. The SMILES string of the molecule is Oc1cnccc1C1CCN1. The Balaban J connectivity index is 2.28. The van der Waals surface area contributed by atoms with Crippen molar-refractivity contribution in [2.45, 2.75) is 12.5 Å². The van der Waals surface area contributed by atoms with Crippen molar-refractivity contribution < 1.29 is 5.11 Å². The number of hydrogen-bond acceptors (Lipinski definition) is 3. The summed E-state index contributed by atoms with van der Waals surface area (Å²) in [5.41, 5.74) is 0.964. The molecule has 1 aliphatic heterocycles. The van der Waals surface area contributed by atoms with Crippen LogP contribution in [0.1, 0.15) is 18.0 Å². The van der Waals surface area contributed by atoms with Crippen LogP contribution in [0, 0.1) is 0 Å². The highest BCUT2D eigenvalue weighted by atomic mass is 16.3. The van der Waals surface area contributed by atoms with Crippen molar-refractivity contribution in [2.75, 3.05) is 6.54 Å². The Hall–Kier alpha value is -1.09. The molecule has 2 heterocycles. The number of aromatic nitrogens is 1. The predicted octanol–water partition coefficient (Wildman–Crippen LogP) is 0.822. The maximum atomic E-state index is 9.34. The lowest BCUT2D eigenvalue weighted by atomic mass is 9.98. The van der Waals surface area contributed by atoms with E-state index in [0.717, 1.165) is 18.5 Å². The molecule has 58 valence electrons. The number of aromatic hydroxyl groups is 1. The molecule has 2 rings (SSSR count). The second-order valence-electron chi connectivity index (χ2n) is 2.73. The van der Waals surface area contributed by atoms with E-state index in [1.54, 1.807) is 6.20 Å². The third kappa shape index (κ3) is 1.07. The van der Waals surface area contributed by atoms with Gasteiger partial charge >= 0.3 is 0 Å². The largest absolute Gasteiger partial charge is 0.506 e. The number of nitrogens with one attached hydrogen (secondary N) is 1. The highest BCUT2D eigenvalue weighted by Crippen LogP contribution is 2.28. The predicted molar refractivity (Wildman–Crippen MR) is 41.3 cm³/mol. The second kappa shape index (κ2) is 2.51. The van der Waals surface area contributed by atoms with Gasteiger partial charge in [0.15, 0.2) is 0 Å². The smallest absolute Gasteiger partial charge is 0.138 e. The first-order valence-electron chi connectivity index (χ1n) is 3.74. The Morgan fingerprint density at radius 2 is 2.45 bits per heavy atom. The Kier molecular flexibility index (Phi) is 1.51. The molecule has 0 amide bonds. The zero-order chi connectivity index (χ0) is 7.68. The quantitative estimate of drug-likeness (QED) is 0.623. The number of rotatable bonds is 1. The van der Waals surface area contributed by atoms with Gasteiger partial charge in [0.2, 0.25) is 0 Å². The van der Waals surface area contributed by atoms with E-state index in [1.165, 1.54) is 6.20 Å². The minimum atomic E-state index is 0.296. The van der Waals surface area contributed by atoms with E-state index in [1.807, 2.05) is 6.07 Å². The van der Waals surface area contributed by atoms with Crippen LogP contribution in [0.15, 0.2) is 18.5 Å². The summed E-state index contributed by atoms with van der Waals surface area (Å²) in [6.07, 6.45) is 4.29. The van der Waals surface area contributed by atoms with Crippen molar-refractivity contribution in [1.29, 1.82) is 0 Å². The molecule has 1 aromatic rings. The minimum Gasteiger partial charge on any atom is -0.506 e. The molecule has 1 saturated heterocycles. The van der Waals surface area contributed by atoms with Crippen LogP contribution in [0.3, 0.4) is 0 Å². The molecule has 11 heavy (non-hydrogen) atoms. The van der Waals surface area contributed by atoms with Gasteiger partial charge < -0.3 is 10.4 Å². The molecular formula is C8H10N2O. The van der Waals surface area contributed by atoms with E-state index in [2.05, 4.69) is 10.3 Å². The van der Waals surface area contributed by atoms with Crippen molar-refractivity contribution in [3.05, 3.63) is 24.0 Å². The van der Waals surface area contributed by atoms with E-state index >= 15 is 0 Å². The van der Waals surface area contributed by atoms with Crippen molar-refractivity contribution in [2.24, 2.45) is 0 Å². The maximum absolute atomic E-state index is 9.34. The number of pyridine rings is 1. The van der Waals surface area contributed by atoms with Gasteiger partial charge in [-0.3, -0.25) is 4.98 Å². The second-order valence-corrected chi connectivity index (χ2v) is 2.73. The van der Waals surface area contributed by atoms with Crippen LogP contribution in [0.2, 0.25) is 0 Å². The molecule has 3 nitrogen and oxygen atoms in total. The first kappa shape index (κ1) is 6.61. The molecule has 0 radical (unpaired) electrons. The highest BCUT2D eigenvalue weighted by Gasteiger charge is 2.20. The standard InChI is InChI=1S/C8H10N2O/c11-8-5-9-3-1-6(8)7-2-4-10-7/h1,3,5,7,10-11H,2,4H2. The van der Waals surface area contributed by atoms with E-state index in [-0.39, 0.29) is 0 Å². The molecule has 1 fully saturated rings. The van der Waals surface area contributed by atoms with E-state index in [9.17, 15) is 5.11 Å². The zero-order valence-electron chi connectivity index (χ0n) is 6.12. The summed E-state index contributed by atoms with van der Waals surface area (Å²) in [5, 5.41) is 12.6. The molecule has 1 atom stereocenters. The summed E-state index contributed by atoms with van der Waals surface area (Å²) in [4.78, 5) is 3.81. The van der Waals surface area contributed by atoms with Crippen LogP contribution in [0.5, 0.6) is 5.75 Å². The first-order valence-corrected chi connectivity index (χ1v) is 3.74. The zero-order valence-corrected chi connectivity index (χ0v) is 6.12. The van der Waals surface area contributed by atoms with Crippen LogP contribution in [0.4, 0.5) is 0 Å². The third-order valence-corrected chi connectivity index (χ3v) is 2.03. The van der Waals surface area contributed by atoms with Crippen LogP contribution < -0.4 is 5.32 Å². The van der Waals surface area contributed by atoms with Gasteiger partial charge in [-0.05, 0) is 19.0 Å². The maximum Gasteiger partial charge on any atom is 0.138 e. The molecule has 3 heteroatoms. The Bertz CT molecular complexity index is 258. The highest BCUT2D eigenvalue weighted by molar-refractivity contribution is 5.32. The van der Waals surface area contributed by atoms with Crippen molar-refractivity contribution >= 4 is 0 Å². The van der Waals surface area contributed by atoms with Gasteiger partial charge in [0.05, 0.1) is 6.20 Å². The Morgan fingerprint density at radius 3 is 3.00 bits per heavy atom. The van der Waals surface area contributed by atoms with Crippen molar-refractivity contribution in [3.63, 3.8) is 0 Å². The Morgan fingerprint density at radius 1 is 1.64 bits per heavy atom. The summed E-state index contributed by atoms with van der Waals surface area (Å²) in [6, 6.07) is 2.20. The molecule has 0 aliphatic carbocycles. The van der Waals surface area contributed by atoms with Gasteiger partial charge in [-0.15, -0.1) is 0 Å². The summed E-state index contributed by atoms with van der Waals surface area (Å²) in [7, 11) is 0. The number of nitrogens with zero attached hydrogens (tertiary/aromatic N) is 1. The fourth-order valence-corrected chi connectivity index (χ4v) is 1.25. The van der Waals surface area contributed by atoms with Gasteiger partial charge in [0.25, 0.3) is 0 Å². The lowest BCUT2D eigenvalue weighted by molar-refractivity contribution is 0.363. The Labute approximate surface area is 65.1 Å². The molecule has 0 spiro atoms. The summed E-state index contributed by atoms with van der Waals surface area (Å²) >= 11 is 0. The van der Waals surface area contributed by atoms with Gasteiger partial charge in [-0.1, -0.05) is 0 Å². The van der Waals surface area contributed by atoms with Crippen LogP contribution in [-0.2, 0) is 0 Å². The van der Waals surface area contributed by atoms with Crippen molar-refractivity contribution in [1.82, 2.24) is 10.3 Å². The molecule has 0 saturated carbocycles. The normalized spacial score (nSPS) is 22.7. The van der Waals surface area contributed by atoms with Gasteiger partial charge in [0.1, 0.15) is 5.75 Å². The average molecular weight is 150 g/mol. The fourth-order valence-electron chi connectivity index (χ4n) is 1.25. The van der Waals surface area contributed by atoms with Crippen LogP contribution >= 0.6 is 0 Å². The van der Waals surface area contributed by atoms with Gasteiger partial charge in [0, 0.05) is 17.8 Å². The molecular weight excluding hydrogens is 140 g/mol. The topological polar surface area (TPSA) is 45.2 Å². The molecule has 0 bridgehead atoms. The van der Waals surface area contributed by atoms with E-state index < -0.39 is 0 Å². The first-order chi connectivity index (χ1) is 5.38. The third-order valence-electron chi connectivity index (χ3n) is 2.03. The van der Waals surface area contributed by atoms with E-state index in [4.69, 9.17) is 0 Å². The van der Waals surface area contributed by atoms with Crippen LogP contribution in [0.25, 0.3) is 0 Å². The molecule has 1 aromatic heterocycles.